The summed E-state index contributed by atoms with van der Waals surface area (Å²) in [4.78, 5) is 14.8. The Hall–Kier alpha value is -1.95. The first-order valence-corrected chi connectivity index (χ1v) is 6.31. The van der Waals surface area contributed by atoms with E-state index in [0.29, 0.717) is 5.56 Å². The molecule has 3 nitrogen and oxygen atoms in total. The zero-order valence-electron chi connectivity index (χ0n) is 9.64. The minimum absolute atomic E-state index is 0.0770. The standard InChI is InChI=1S/C13H9F2NO2S/c14-9-3-4-10(15)11(6-9)19-7-8-2-1-5-16-12(8)13(17)18/h1-6H,7H2,(H,17,18). The van der Waals surface area contributed by atoms with Crippen molar-refractivity contribution in [2.24, 2.45) is 0 Å². The zero-order chi connectivity index (χ0) is 13.8. The Morgan fingerprint density at radius 2 is 2.11 bits per heavy atom. The Morgan fingerprint density at radius 1 is 1.32 bits per heavy atom. The first-order chi connectivity index (χ1) is 9.08. The van der Waals surface area contributed by atoms with Crippen molar-refractivity contribution in [3.63, 3.8) is 0 Å². The molecule has 0 saturated heterocycles. The number of carboxylic acids is 1. The third kappa shape index (κ3) is 3.29. The summed E-state index contributed by atoms with van der Waals surface area (Å²) < 4.78 is 26.4. The second-order valence-electron chi connectivity index (χ2n) is 3.68. The van der Waals surface area contributed by atoms with Crippen LogP contribution in [0.15, 0.2) is 41.4 Å². The normalized spacial score (nSPS) is 10.4. The molecule has 2 aromatic rings. The Bertz CT molecular complexity index is 619. The summed E-state index contributed by atoms with van der Waals surface area (Å²) in [5, 5.41) is 8.96. The largest absolute Gasteiger partial charge is 0.477 e. The van der Waals surface area contributed by atoms with Crippen LogP contribution in [0.25, 0.3) is 0 Å². The number of carbonyl (C=O) groups is 1. The summed E-state index contributed by atoms with van der Waals surface area (Å²) in [6.07, 6.45) is 1.38. The predicted octanol–water partition coefficient (Wildman–Crippen LogP) is 3.35. The van der Waals surface area contributed by atoms with Gasteiger partial charge in [-0.25, -0.2) is 18.6 Å². The maximum Gasteiger partial charge on any atom is 0.354 e. The van der Waals surface area contributed by atoms with Crippen molar-refractivity contribution in [1.82, 2.24) is 4.98 Å². The Labute approximate surface area is 112 Å². The molecule has 0 aliphatic carbocycles. The highest BCUT2D eigenvalue weighted by Crippen LogP contribution is 2.27. The summed E-state index contributed by atoms with van der Waals surface area (Å²) in [5.74, 6) is -2.01. The number of carboxylic acid groups (broad SMARTS) is 1. The van der Waals surface area contributed by atoms with Crippen LogP contribution in [0, 0.1) is 11.6 Å². The Balaban J connectivity index is 2.19. The molecule has 0 radical (unpaired) electrons. The molecule has 1 aromatic carbocycles. The lowest BCUT2D eigenvalue weighted by Gasteiger charge is -2.06. The first kappa shape index (κ1) is 13.5. The van der Waals surface area contributed by atoms with Crippen molar-refractivity contribution in [2.75, 3.05) is 0 Å². The molecule has 1 aromatic heterocycles. The van der Waals surface area contributed by atoms with E-state index >= 15 is 0 Å². The van der Waals surface area contributed by atoms with Gasteiger partial charge in [-0.1, -0.05) is 6.07 Å². The Morgan fingerprint density at radius 3 is 2.84 bits per heavy atom. The van der Waals surface area contributed by atoms with E-state index in [1.165, 1.54) is 6.20 Å². The number of thioether (sulfide) groups is 1. The quantitative estimate of drug-likeness (QED) is 0.873. The molecule has 0 aliphatic rings. The molecule has 0 saturated carbocycles. The molecular formula is C13H9F2NO2S. The van der Waals surface area contributed by atoms with E-state index in [9.17, 15) is 13.6 Å². The zero-order valence-corrected chi connectivity index (χ0v) is 10.5. The van der Waals surface area contributed by atoms with E-state index in [1.54, 1.807) is 12.1 Å². The number of aromatic carboxylic acids is 1. The predicted molar refractivity (Wildman–Crippen MR) is 67.1 cm³/mol. The number of hydrogen-bond acceptors (Lipinski definition) is 3. The molecule has 1 heterocycles. The number of halogens is 2. The molecule has 0 amide bonds. The van der Waals surface area contributed by atoms with E-state index in [2.05, 4.69) is 4.98 Å². The van der Waals surface area contributed by atoms with Gasteiger partial charge in [0, 0.05) is 16.8 Å². The topological polar surface area (TPSA) is 50.2 Å². The van der Waals surface area contributed by atoms with Gasteiger partial charge in [0.1, 0.15) is 11.6 Å². The average molecular weight is 281 g/mol. The third-order valence-corrected chi connectivity index (χ3v) is 3.45. The number of nitrogens with zero attached hydrogens (tertiary/aromatic N) is 1. The van der Waals surface area contributed by atoms with E-state index in [4.69, 9.17) is 5.11 Å². The average Bonchev–Trinajstić information content (AvgIpc) is 2.40. The second kappa shape index (κ2) is 5.79. The van der Waals surface area contributed by atoms with Gasteiger partial charge in [0.05, 0.1) is 0 Å². The maximum atomic E-state index is 13.4. The summed E-state index contributed by atoms with van der Waals surface area (Å²) in [7, 11) is 0. The van der Waals surface area contributed by atoms with Crippen LogP contribution in [-0.4, -0.2) is 16.1 Å². The second-order valence-corrected chi connectivity index (χ2v) is 4.70. The molecular weight excluding hydrogens is 272 g/mol. The Kier molecular flexibility index (Phi) is 4.11. The summed E-state index contributed by atoms with van der Waals surface area (Å²) >= 11 is 1.03. The van der Waals surface area contributed by atoms with Crippen LogP contribution in [0.5, 0.6) is 0 Å². The maximum absolute atomic E-state index is 13.4. The van der Waals surface area contributed by atoms with Crippen LogP contribution in [0.2, 0.25) is 0 Å². The van der Waals surface area contributed by atoms with E-state index in [0.717, 1.165) is 30.0 Å². The highest BCUT2D eigenvalue weighted by Gasteiger charge is 2.12. The van der Waals surface area contributed by atoms with Crippen molar-refractivity contribution >= 4 is 17.7 Å². The minimum Gasteiger partial charge on any atom is -0.477 e. The van der Waals surface area contributed by atoms with Crippen molar-refractivity contribution in [1.29, 1.82) is 0 Å². The highest BCUT2D eigenvalue weighted by molar-refractivity contribution is 7.98. The molecule has 0 atom stereocenters. The van der Waals surface area contributed by atoms with Crippen LogP contribution < -0.4 is 0 Å². The van der Waals surface area contributed by atoms with Gasteiger partial charge in [0.25, 0.3) is 0 Å². The summed E-state index contributed by atoms with van der Waals surface area (Å²) in [6.45, 7) is 0. The SMILES string of the molecule is O=C(O)c1ncccc1CSc1cc(F)ccc1F. The van der Waals surface area contributed by atoms with E-state index < -0.39 is 17.6 Å². The van der Waals surface area contributed by atoms with Gasteiger partial charge in [0.2, 0.25) is 0 Å². The molecule has 98 valence electrons. The fourth-order valence-corrected chi connectivity index (χ4v) is 2.44. The van der Waals surface area contributed by atoms with Crippen molar-refractivity contribution < 1.29 is 18.7 Å². The van der Waals surface area contributed by atoms with Crippen LogP contribution in [0.4, 0.5) is 8.78 Å². The molecule has 0 unspecified atom stereocenters. The fraction of sp³-hybridized carbons (Fsp3) is 0.0769. The number of rotatable bonds is 4. The smallest absolute Gasteiger partial charge is 0.354 e. The third-order valence-electron chi connectivity index (χ3n) is 2.37. The van der Waals surface area contributed by atoms with E-state index in [1.807, 2.05) is 0 Å². The lowest BCUT2D eigenvalue weighted by molar-refractivity contribution is 0.0689. The van der Waals surface area contributed by atoms with Gasteiger partial charge in [0.15, 0.2) is 5.69 Å². The molecule has 6 heteroatoms. The van der Waals surface area contributed by atoms with Crippen molar-refractivity contribution in [3.05, 3.63) is 59.4 Å². The molecule has 0 fully saturated rings. The van der Waals surface area contributed by atoms with Gasteiger partial charge in [-0.15, -0.1) is 11.8 Å². The van der Waals surface area contributed by atoms with Gasteiger partial charge in [-0.3, -0.25) is 0 Å². The van der Waals surface area contributed by atoms with Gasteiger partial charge in [-0.05, 0) is 29.8 Å². The lowest BCUT2D eigenvalue weighted by atomic mass is 10.2. The van der Waals surface area contributed by atoms with Crippen LogP contribution in [-0.2, 0) is 5.75 Å². The van der Waals surface area contributed by atoms with Crippen LogP contribution >= 0.6 is 11.8 Å². The molecule has 2 rings (SSSR count). The fourth-order valence-electron chi connectivity index (χ4n) is 1.49. The van der Waals surface area contributed by atoms with Crippen LogP contribution in [0.3, 0.4) is 0 Å². The minimum atomic E-state index is -1.14. The lowest BCUT2D eigenvalue weighted by Crippen LogP contribution is -2.04. The van der Waals surface area contributed by atoms with Gasteiger partial charge >= 0.3 is 5.97 Å². The molecule has 0 aliphatic heterocycles. The number of pyridine rings is 1. The first-order valence-electron chi connectivity index (χ1n) is 5.33. The van der Waals surface area contributed by atoms with Gasteiger partial charge in [-0.2, -0.15) is 0 Å². The van der Waals surface area contributed by atoms with Crippen molar-refractivity contribution in [2.45, 2.75) is 10.6 Å². The number of benzene rings is 1. The molecule has 0 bridgehead atoms. The van der Waals surface area contributed by atoms with Crippen molar-refractivity contribution in [3.8, 4) is 0 Å². The number of hydrogen-bond donors (Lipinski definition) is 1. The molecule has 0 spiro atoms. The summed E-state index contributed by atoms with van der Waals surface area (Å²) in [5.41, 5.74) is 0.385. The van der Waals surface area contributed by atoms with E-state index in [-0.39, 0.29) is 16.3 Å². The molecule has 1 N–H and O–H groups in total. The monoisotopic (exact) mass is 281 g/mol. The highest BCUT2D eigenvalue weighted by atomic mass is 32.2. The van der Waals surface area contributed by atoms with Crippen LogP contribution in [0.1, 0.15) is 16.1 Å². The number of aromatic nitrogens is 1. The van der Waals surface area contributed by atoms with Gasteiger partial charge < -0.3 is 5.11 Å². The summed E-state index contributed by atoms with van der Waals surface area (Å²) in [6, 6.07) is 6.35. The molecule has 19 heavy (non-hydrogen) atoms.